The predicted molar refractivity (Wildman–Crippen MR) is 176 cm³/mol. The van der Waals surface area contributed by atoms with Gasteiger partial charge in [0.1, 0.15) is 6.10 Å². The molecule has 0 rings (SSSR count). The Morgan fingerprint density at radius 3 is 1.17 bits per heavy atom. The lowest BCUT2D eigenvalue weighted by Crippen LogP contribution is -2.50. The highest BCUT2D eigenvalue weighted by Crippen LogP contribution is 2.16. The van der Waals surface area contributed by atoms with Gasteiger partial charge >= 0.3 is 0 Å². The second-order valence-electron chi connectivity index (χ2n) is 12.8. The second-order valence-corrected chi connectivity index (χ2v) is 12.8. The van der Waals surface area contributed by atoms with Crippen molar-refractivity contribution in [2.45, 2.75) is 218 Å². The molecule has 0 saturated heterocycles. The Hall–Kier alpha value is -0.650. The predicted octanol–water partition coefficient (Wildman–Crippen LogP) is 9.54. The van der Waals surface area contributed by atoms with E-state index in [0.717, 1.165) is 38.5 Å². The summed E-state index contributed by atoms with van der Waals surface area (Å²) in [6.45, 7) is 4.16. The van der Waals surface area contributed by atoms with Crippen LogP contribution in [0, 0.1) is 0 Å². The molecule has 0 aliphatic heterocycles. The van der Waals surface area contributed by atoms with Crippen molar-refractivity contribution in [2.24, 2.45) is 0 Å². The number of hydrogen-bond donors (Lipinski definition) is 4. The molecule has 4 N–H and O–H groups in total. The molecule has 0 aromatic heterocycles. The SMILES string of the molecule is CCCCCCCCCCCCCCCCCC(=O)N[C@@H](CO)[C@@H](O)C(O)CCCCCCCCCCCCCC. The van der Waals surface area contributed by atoms with Gasteiger partial charge < -0.3 is 20.6 Å². The maximum absolute atomic E-state index is 12.3. The Morgan fingerprint density at radius 2 is 0.829 bits per heavy atom. The molecule has 0 radical (unpaired) electrons. The first-order valence-electron chi connectivity index (χ1n) is 18.3. The molecule has 0 fully saturated rings. The standard InChI is InChI=1S/C36H73NO4/c1-3-5-7-9-11-13-15-17-18-19-21-23-25-27-29-31-35(40)37-33(32-38)36(41)34(39)30-28-26-24-22-20-16-14-12-10-8-6-4-2/h33-34,36,38-39,41H,3-32H2,1-2H3,(H,37,40)/t33-,34?,36+/m0/s1. The van der Waals surface area contributed by atoms with Crippen molar-refractivity contribution < 1.29 is 20.1 Å². The average molecular weight is 584 g/mol. The zero-order valence-corrected chi connectivity index (χ0v) is 27.7. The second kappa shape index (κ2) is 32.3. The van der Waals surface area contributed by atoms with Crippen molar-refractivity contribution in [1.29, 1.82) is 0 Å². The van der Waals surface area contributed by atoms with Crippen LogP contribution in [0.3, 0.4) is 0 Å². The molecule has 41 heavy (non-hydrogen) atoms. The molecular formula is C36H73NO4. The minimum Gasteiger partial charge on any atom is -0.394 e. The molecule has 1 unspecified atom stereocenters. The van der Waals surface area contributed by atoms with Crippen LogP contribution >= 0.6 is 0 Å². The summed E-state index contributed by atoms with van der Waals surface area (Å²) >= 11 is 0. The molecule has 3 atom stereocenters. The van der Waals surface area contributed by atoms with Crippen LogP contribution in [0.2, 0.25) is 0 Å². The summed E-state index contributed by atoms with van der Waals surface area (Å²) in [5, 5.41) is 33.3. The maximum Gasteiger partial charge on any atom is 0.220 e. The first kappa shape index (κ1) is 40.4. The molecule has 5 nitrogen and oxygen atoms in total. The third-order valence-corrected chi connectivity index (χ3v) is 8.71. The van der Waals surface area contributed by atoms with Crippen molar-refractivity contribution in [3.05, 3.63) is 0 Å². The van der Waals surface area contributed by atoms with E-state index in [1.54, 1.807) is 0 Å². The van der Waals surface area contributed by atoms with Crippen LogP contribution in [0.4, 0.5) is 0 Å². The van der Waals surface area contributed by atoms with Crippen molar-refractivity contribution in [2.75, 3.05) is 6.61 Å². The van der Waals surface area contributed by atoms with Gasteiger partial charge in [-0.2, -0.15) is 0 Å². The fraction of sp³-hybridized carbons (Fsp3) is 0.972. The highest BCUT2D eigenvalue weighted by atomic mass is 16.3. The topological polar surface area (TPSA) is 89.8 Å². The zero-order chi connectivity index (χ0) is 30.2. The summed E-state index contributed by atoms with van der Waals surface area (Å²) in [5.41, 5.74) is 0. The quantitative estimate of drug-likeness (QED) is 0.0579. The summed E-state index contributed by atoms with van der Waals surface area (Å²) in [7, 11) is 0. The number of aliphatic hydroxyl groups is 3. The molecule has 0 bridgehead atoms. The molecule has 0 spiro atoms. The lowest BCUT2D eigenvalue weighted by Gasteiger charge is -2.26. The van der Waals surface area contributed by atoms with Crippen LogP contribution in [-0.2, 0) is 4.79 Å². The van der Waals surface area contributed by atoms with Gasteiger partial charge in [0.05, 0.1) is 18.8 Å². The number of unbranched alkanes of at least 4 members (excludes halogenated alkanes) is 25. The number of carbonyl (C=O) groups excluding carboxylic acids is 1. The Morgan fingerprint density at radius 1 is 0.512 bits per heavy atom. The summed E-state index contributed by atoms with van der Waals surface area (Å²) < 4.78 is 0. The van der Waals surface area contributed by atoms with Crippen molar-refractivity contribution in [1.82, 2.24) is 5.32 Å². The van der Waals surface area contributed by atoms with Crippen molar-refractivity contribution in [3.8, 4) is 0 Å². The van der Waals surface area contributed by atoms with Gasteiger partial charge in [0.15, 0.2) is 0 Å². The van der Waals surface area contributed by atoms with E-state index in [1.165, 1.54) is 135 Å². The van der Waals surface area contributed by atoms with E-state index in [9.17, 15) is 20.1 Å². The van der Waals surface area contributed by atoms with E-state index in [2.05, 4.69) is 19.2 Å². The monoisotopic (exact) mass is 584 g/mol. The molecule has 5 heteroatoms. The normalized spacial score (nSPS) is 13.8. The van der Waals surface area contributed by atoms with E-state index in [-0.39, 0.29) is 12.5 Å². The van der Waals surface area contributed by atoms with Crippen LogP contribution in [0.5, 0.6) is 0 Å². The first-order valence-corrected chi connectivity index (χ1v) is 18.3. The number of nitrogens with one attached hydrogen (secondary N) is 1. The van der Waals surface area contributed by atoms with E-state index in [4.69, 9.17) is 0 Å². The Kier molecular flexibility index (Phi) is 31.8. The van der Waals surface area contributed by atoms with Crippen LogP contribution < -0.4 is 5.32 Å². The lowest BCUT2D eigenvalue weighted by atomic mass is 9.99. The summed E-state index contributed by atoms with van der Waals surface area (Å²) in [5.74, 6) is -0.143. The minimum atomic E-state index is -1.13. The van der Waals surface area contributed by atoms with Gasteiger partial charge in [0.25, 0.3) is 0 Å². The third kappa shape index (κ3) is 27.9. The smallest absolute Gasteiger partial charge is 0.220 e. The molecule has 0 aliphatic rings. The summed E-state index contributed by atoms with van der Waals surface area (Å²) in [4.78, 5) is 12.3. The summed E-state index contributed by atoms with van der Waals surface area (Å²) in [6, 6.07) is -0.800. The molecule has 246 valence electrons. The van der Waals surface area contributed by atoms with Crippen molar-refractivity contribution in [3.63, 3.8) is 0 Å². The Balaban J connectivity index is 3.66. The van der Waals surface area contributed by atoms with E-state index in [1.807, 2.05) is 0 Å². The summed E-state index contributed by atoms with van der Waals surface area (Å²) in [6.07, 6.45) is 33.3. The van der Waals surface area contributed by atoms with Gasteiger partial charge in [-0.15, -0.1) is 0 Å². The zero-order valence-electron chi connectivity index (χ0n) is 27.7. The van der Waals surface area contributed by atoms with Gasteiger partial charge in [-0.25, -0.2) is 0 Å². The first-order chi connectivity index (χ1) is 20.1. The molecule has 0 aromatic carbocycles. The van der Waals surface area contributed by atoms with Gasteiger partial charge in [0, 0.05) is 6.42 Å². The fourth-order valence-corrected chi connectivity index (χ4v) is 5.81. The third-order valence-electron chi connectivity index (χ3n) is 8.71. The van der Waals surface area contributed by atoms with Gasteiger partial charge in [-0.05, 0) is 12.8 Å². The van der Waals surface area contributed by atoms with E-state index < -0.39 is 18.2 Å². The van der Waals surface area contributed by atoms with E-state index >= 15 is 0 Å². The molecule has 0 saturated carbocycles. The van der Waals surface area contributed by atoms with Gasteiger partial charge in [-0.1, -0.05) is 181 Å². The number of amides is 1. The number of carbonyl (C=O) groups is 1. The van der Waals surface area contributed by atoms with E-state index in [0.29, 0.717) is 12.8 Å². The highest BCUT2D eigenvalue weighted by molar-refractivity contribution is 5.76. The van der Waals surface area contributed by atoms with Gasteiger partial charge in [-0.3, -0.25) is 4.79 Å². The Labute approximate surface area is 256 Å². The molecule has 0 aromatic rings. The van der Waals surface area contributed by atoms with Crippen LogP contribution in [0.25, 0.3) is 0 Å². The molecule has 0 heterocycles. The largest absolute Gasteiger partial charge is 0.394 e. The van der Waals surface area contributed by atoms with Gasteiger partial charge in [0.2, 0.25) is 5.91 Å². The van der Waals surface area contributed by atoms with Crippen LogP contribution in [0.1, 0.15) is 200 Å². The molecule has 0 aliphatic carbocycles. The van der Waals surface area contributed by atoms with Crippen LogP contribution in [-0.4, -0.2) is 46.1 Å². The lowest BCUT2D eigenvalue weighted by molar-refractivity contribution is -0.124. The van der Waals surface area contributed by atoms with Crippen molar-refractivity contribution >= 4 is 5.91 Å². The molecule has 1 amide bonds. The molecular weight excluding hydrogens is 510 g/mol. The number of rotatable bonds is 33. The fourth-order valence-electron chi connectivity index (χ4n) is 5.81. The average Bonchev–Trinajstić information content (AvgIpc) is 2.97. The highest BCUT2D eigenvalue weighted by Gasteiger charge is 2.26. The van der Waals surface area contributed by atoms with Crippen LogP contribution in [0.15, 0.2) is 0 Å². The Bertz CT molecular complexity index is 530. The number of hydrogen-bond acceptors (Lipinski definition) is 4. The number of aliphatic hydroxyl groups excluding tert-OH is 3. The minimum absolute atomic E-state index is 0.143. The maximum atomic E-state index is 12.3.